The first-order chi connectivity index (χ1) is 8.27. The summed E-state index contributed by atoms with van der Waals surface area (Å²) in [5, 5.41) is 3.63. The number of carbonyl (C=O) groups is 1. The number of hydrogen-bond acceptors (Lipinski definition) is 3. The number of hydroxylamine groups is 1. The normalized spacial score (nSPS) is 19.9. The molecule has 0 bridgehead atoms. The lowest BCUT2D eigenvalue weighted by Gasteiger charge is -2.22. The van der Waals surface area contributed by atoms with Gasteiger partial charge in [0.25, 0.3) is 5.91 Å². The Morgan fingerprint density at radius 3 is 3.00 bits per heavy atom. The van der Waals surface area contributed by atoms with Crippen molar-refractivity contribution in [1.29, 1.82) is 0 Å². The summed E-state index contributed by atoms with van der Waals surface area (Å²) in [6, 6.07) is 6.90. The van der Waals surface area contributed by atoms with E-state index >= 15 is 0 Å². The van der Waals surface area contributed by atoms with Crippen LogP contribution in [0.4, 0.5) is 0 Å². The molecule has 2 rings (SSSR count). The van der Waals surface area contributed by atoms with Gasteiger partial charge < -0.3 is 5.32 Å². The summed E-state index contributed by atoms with van der Waals surface area (Å²) in [6.07, 6.45) is 2.05. The fraction of sp³-hybridized carbons (Fsp3) is 0.417. The first kappa shape index (κ1) is 12.4. The zero-order valence-electron chi connectivity index (χ0n) is 9.41. The minimum atomic E-state index is -0.304. The molecule has 1 heterocycles. The zero-order valence-corrected chi connectivity index (χ0v) is 10.2. The Kier molecular flexibility index (Phi) is 4.36. The number of piperidine rings is 1. The maximum absolute atomic E-state index is 11.8. The van der Waals surface area contributed by atoms with Gasteiger partial charge in [0.05, 0.1) is 16.7 Å². The maximum Gasteiger partial charge on any atom is 0.276 e. The van der Waals surface area contributed by atoms with E-state index in [1.165, 1.54) is 0 Å². The number of benzene rings is 1. The highest BCUT2D eigenvalue weighted by molar-refractivity contribution is 6.33. The number of carbonyl (C=O) groups excluding carboxylic acids is 1. The first-order valence-electron chi connectivity index (χ1n) is 5.68. The van der Waals surface area contributed by atoms with Gasteiger partial charge in [0.15, 0.2) is 0 Å². The van der Waals surface area contributed by atoms with E-state index in [0.717, 1.165) is 25.9 Å². The minimum absolute atomic E-state index is 0.0372. The van der Waals surface area contributed by atoms with Crippen LogP contribution in [0.1, 0.15) is 23.2 Å². The molecule has 1 aliphatic heterocycles. The Balaban J connectivity index is 1.87. The van der Waals surface area contributed by atoms with Crippen molar-refractivity contribution in [2.75, 3.05) is 13.1 Å². The van der Waals surface area contributed by atoms with Crippen molar-refractivity contribution in [3.63, 3.8) is 0 Å². The molecule has 92 valence electrons. The predicted octanol–water partition coefficient (Wildman–Crippen LogP) is 1.75. The SMILES string of the molecule is O=C(NOC1CCCNC1)c1ccccc1Cl. The molecular weight excluding hydrogens is 240 g/mol. The van der Waals surface area contributed by atoms with Crippen molar-refractivity contribution in [2.45, 2.75) is 18.9 Å². The molecule has 17 heavy (non-hydrogen) atoms. The van der Waals surface area contributed by atoms with Crippen LogP contribution in [0.25, 0.3) is 0 Å². The summed E-state index contributed by atoms with van der Waals surface area (Å²) in [5.74, 6) is -0.304. The van der Waals surface area contributed by atoms with Gasteiger partial charge in [-0.1, -0.05) is 23.7 Å². The average Bonchev–Trinajstić information content (AvgIpc) is 2.38. The van der Waals surface area contributed by atoms with Gasteiger partial charge in [0.2, 0.25) is 0 Å². The predicted molar refractivity (Wildman–Crippen MR) is 65.9 cm³/mol. The van der Waals surface area contributed by atoms with Gasteiger partial charge in [-0.05, 0) is 31.5 Å². The molecular formula is C12H15ClN2O2. The largest absolute Gasteiger partial charge is 0.314 e. The van der Waals surface area contributed by atoms with Crippen molar-refractivity contribution in [3.05, 3.63) is 34.9 Å². The van der Waals surface area contributed by atoms with E-state index in [2.05, 4.69) is 10.8 Å². The second-order valence-electron chi connectivity index (χ2n) is 4.00. The highest BCUT2D eigenvalue weighted by Gasteiger charge is 2.16. The van der Waals surface area contributed by atoms with E-state index in [0.29, 0.717) is 10.6 Å². The van der Waals surface area contributed by atoms with Gasteiger partial charge in [-0.25, -0.2) is 5.48 Å². The number of nitrogens with one attached hydrogen (secondary N) is 2. The molecule has 1 fully saturated rings. The molecule has 1 aromatic carbocycles. The number of halogens is 1. The summed E-state index contributed by atoms with van der Waals surface area (Å²) in [6.45, 7) is 1.78. The molecule has 1 saturated heterocycles. The molecule has 1 amide bonds. The summed E-state index contributed by atoms with van der Waals surface area (Å²) in [5.41, 5.74) is 2.87. The van der Waals surface area contributed by atoms with Crippen molar-refractivity contribution >= 4 is 17.5 Å². The Hall–Kier alpha value is -1.10. The lowest BCUT2D eigenvalue weighted by molar-refractivity contribution is -0.0250. The van der Waals surface area contributed by atoms with Crippen LogP contribution in [0.2, 0.25) is 5.02 Å². The van der Waals surface area contributed by atoms with E-state index in [4.69, 9.17) is 16.4 Å². The van der Waals surface area contributed by atoms with Crippen LogP contribution < -0.4 is 10.8 Å². The molecule has 0 spiro atoms. The highest BCUT2D eigenvalue weighted by Crippen LogP contribution is 2.14. The van der Waals surface area contributed by atoms with Gasteiger partial charge >= 0.3 is 0 Å². The Labute approximate surface area is 105 Å². The molecule has 2 N–H and O–H groups in total. The van der Waals surface area contributed by atoms with Gasteiger partial charge in [0, 0.05) is 6.54 Å². The number of rotatable bonds is 3. The molecule has 5 heteroatoms. The van der Waals surface area contributed by atoms with E-state index in [1.54, 1.807) is 24.3 Å². The Morgan fingerprint density at radius 2 is 2.29 bits per heavy atom. The maximum atomic E-state index is 11.8. The molecule has 1 aliphatic rings. The first-order valence-corrected chi connectivity index (χ1v) is 6.06. The second-order valence-corrected chi connectivity index (χ2v) is 4.40. The third-order valence-electron chi connectivity index (χ3n) is 2.69. The molecule has 1 aromatic rings. The topological polar surface area (TPSA) is 50.4 Å². The van der Waals surface area contributed by atoms with Crippen LogP contribution in [0.5, 0.6) is 0 Å². The average molecular weight is 255 g/mol. The van der Waals surface area contributed by atoms with Crippen LogP contribution in [-0.4, -0.2) is 25.1 Å². The van der Waals surface area contributed by atoms with Gasteiger partial charge in [-0.2, -0.15) is 0 Å². The Morgan fingerprint density at radius 1 is 1.47 bits per heavy atom. The van der Waals surface area contributed by atoms with Crippen LogP contribution in [0.3, 0.4) is 0 Å². The molecule has 0 radical (unpaired) electrons. The summed E-state index contributed by atoms with van der Waals surface area (Å²) in [4.78, 5) is 17.1. The summed E-state index contributed by atoms with van der Waals surface area (Å²) >= 11 is 5.91. The summed E-state index contributed by atoms with van der Waals surface area (Å²) < 4.78 is 0. The molecule has 1 unspecified atom stereocenters. The number of amides is 1. The van der Waals surface area contributed by atoms with Crippen molar-refractivity contribution in [3.8, 4) is 0 Å². The van der Waals surface area contributed by atoms with E-state index in [1.807, 2.05) is 0 Å². The lowest BCUT2D eigenvalue weighted by atomic mass is 10.1. The van der Waals surface area contributed by atoms with Crippen molar-refractivity contribution in [1.82, 2.24) is 10.8 Å². The van der Waals surface area contributed by atoms with Crippen molar-refractivity contribution in [2.24, 2.45) is 0 Å². The minimum Gasteiger partial charge on any atom is -0.314 e. The van der Waals surface area contributed by atoms with E-state index in [9.17, 15) is 4.79 Å². The molecule has 4 nitrogen and oxygen atoms in total. The van der Waals surface area contributed by atoms with Gasteiger partial charge in [0.1, 0.15) is 0 Å². The quantitative estimate of drug-likeness (QED) is 0.808. The monoisotopic (exact) mass is 254 g/mol. The molecule has 0 aromatic heterocycles. The molecule has 1 atom stereocenters. The third kappa shape index (κ3) is 3.43. The van der Waals surface area contributed by atoms with Gasteiger partial charge in [-0.3, -0.25) is 9.63 Å². The second kappa shape index (κ2) is 6.00. The highest BCUT2D eigenvalue weighted by atomic mass is 35.5. The lowest BCUT2D eigenvalue weighted by Crippen LogP contribution is -2.40. The van der Waals surface area contributed by atoms with Crippen LogP contribution >= 0.6 is 11.6 Å². The van der Waals surface area contributed by atoms with Crippen LogP contribution in [0.15, 0.2) is 24.3 Å². The van der Waals surface area contributed by atoms with E-state index < -0.39 is 0 Å². The molecule has 0 aliphatic carbocycles. The summed E-state index contributed by atoms with van der Waals surface area (Å²) in [7, 11) is 0. The third-order valence-corrected chi connectivity index (χ3v) is 3.02. The van der Waals surface area contributed by atoms with Crippen LogP contribution in [-0.2, 0) is 4.84 Å². The van der Waals surface area contributed by atoms with E-state index in [-0.39, 0.29) is 12.0 Å². The number of hydrogen-bond donors (Lipinski definition) is 2. The fourth-order valence-corrected chi connectivity index (χ4v) is 1.98. The van der Waals surface area contributed by atoms with Gasteiger partial charge in [-0.15, -0.1) is 0 Å². The van der Waals surface area contributed by atoms with Crippen molar-refractivity contribution < 1.29 is 9.63 Å². The smallest absolute Gasteiger partial charge is 0.276 e. The Bertz CT molecular complexity index is 392. The van der Waals surface area contributed by atoms with Crippen LogP contribution in [0, 0.1) is 0 Å². The molecule has 0 saturated carbocycles. The standard InChI is InChI=1S/C12H15ClN2O2/c13-11-6-2-1-5-10(11)12(16)15-17-9-4-3-7-14-8-9/h1-2,5-6,9,14H,3-4,7-8H2,(H,15,16). The zero-order chi connectivity index (χ0) is 12.1. The fourth-order valence-electron chi connectivity index (χ4n) is 1.76.